The molecule has 0 radical (unpaired) electrons. The highest BCUT2D eigenvalue weighted by Crippen LogP contribution is 2.26. The lowest BCUT2D eigenvalue weighted by Crippen LogP contribution is -2.45. The highest BCUT2D eigenvalue weighted by molar-refractivity contribution is 7.09. The number of nitrogens with one attached hydrogen (secondary N) is 3. The van der Waals surface area contributed by atoms with Gasteiger partial charge in [0.1, 0.15) is 28.7 Å². The maximum absolute atomic E-state index is 13.4. The summed E-state index contributed by atoms with van der Waals surface area (Å²) >= 11 is 1.27. The number of fused-ring (bicyclic) bond motifs is 4. The number of hydrogen-bond acceptors (Lipinski definition) is 10. The third-order valence-electron chi connectivity index (χ3n) is 6.81. The summed E-state index contributed by atoms with van der Waals surface area (Å²) in [6.45, 7) is 3.77. The molecule has 1 aliphatic heterocycles. The maximum atomic E-state index is 13.4. The zero-order valence-corrected chi connectivity index (χ0v) is 25.0. The van der Waals surface area contributed by atoms with Gasteiger partial charge in [0.25, 0.3) is 17.7 Å². The van der Waals surface area contributed by atoms with Crippen molar-refractivity contribution in [1.82, 2.24) is 40.8 Å². The van der Waals surface area contributed by atoms with Crippen molar-refractivity contribution >= 4 is 35.0 Å². The van der Waals surface area contributed by atoms with Gasteiger partial charge in [0.05, 0.1) is 18.8 Å². The summed E-state index contributed by atoms with van der Waals surface area (Å²) in [5, 5.41) is 10.9. The van der Waals surface area contributed by atoms with Gasteiger partial charge < -0.3 is 25.3 Å². The first kappa shape index (κ1) is 30.5. The second-order valence-corrected chi connectivity index (χ2v) is 11.6. The summed E-state index contributed by atoms with van der Waals surface area (Å²) in [7, 11) is 0. The van der Waals surface area contributed by atoms with E-state index in [0.717, 1.165) is 5.56 Å². The monoisotopic (exact) mass is 616 g/mol. The van der Waals surface area contributed by atoms with Crippen molar-refractivity contribution in [2.45, 2.75) is 38.8 Å². The largest absolute Gasteiger partial charge is 0.446 e. The molecule has 4 amide bonds. The van der Waals surface area contributed by atoms with E-state index < -0.39 is 35.7 Å². The van der Waals surface area contributed by atoms with Crippen LogP contribution in [0.3, 0.4) is 0 Å². The van der Waals surface area contributed by atoms with E-state index in [1.807, 2.05) is 44.2 Å². The Bertz CT molecular complexity index is 1610. The van der Waals surface area contributed by atoms with Crippen molar-refractivity contribution in [2.75, 3.05) is 19.6 Å². The van der Waals surface area contributed by atoms with Crippen molar-refractivity contribution in [3.05, 3.63) is 94.1 Å². The first-order chi connectivity index (χ1) is 21.3. The number of carbonyl (C=O) groups excluding carboxylic acids is 4. The first-order valence-electron chi connectivity index (χ1n) is 14.1. The van der Waals surface area contributed by atoms with Gasteiger partial charge in [0, 0.05) is 37.3 Å². The molecule has 4 bridgehead atoms. The average molecular weight is 617 g/mol. The fourth-order valence-corrected chi connectivity index (χ4v) is 5.57. The molecule has 0 fully saturated rings. The minimum atomic E-state index is -0.744. The highest BCUT2D eigenvalue weighted by atomic mass is 32.1. The van der Waals surface area contributed by atoms with Crippen LogP contribution in [0.2, 0.25) is 0 Å². The van der Waals surface area contributed by atoms with Gasteiger partial charge in [-0.15, -0.1) is 11.3 Å². The van der Waals surface area contributed by atoms with Crippen LogP contribution in [0.15, 0.2) is 65.0 Å². The predicted molar refractivity (Wildman–Crippen MR) is 160 cm³/mol. The third kappa shape index (κ3) is 7.69. The quantitative estimate of drug-likeness (QED) is 0.305. The fraction of sp³-hybridized carbons (Fsp3) is 0.333. The van der Waals surface area contributed by atoms with E-state index in [2.05, 4.69) is 35.9 Å². The van der Waals surface area contributed by atoms with E-state index in [-0.39, 0.29) is 48.5 Å². The van der Waals surface area contributed by atoms with E-state index >= 15 is 0 Å². The van der Waals surface area contributed by atoms with Crippen molar-refractivity contribution in [2.24, 2.45) is 5.92 Å². The molecule has 4 aromatic rings. The fourth-order valence-electron chi connectivity index (χ4n) is 4.71. The number of carbonyl (C=O) groups is 4. The summed E-state index contributed by atoms with van der Waals surface area (Å²) in [5.74, 6) is -1.58. The van der Waals surface area contributed by atoms with Crippen LogP contribution in [0.4, 0.5) is 0 Å². The Morgan fingerprint density at radius 1 is 1.05 bits per heavy atom. The zero-order chi connectivity index (χ0) is 31.1. The average Bonchev–Trinajstić information content (AvgIpc) is 3.71. The van der Waals surface area contributed by atoms with Crippen LogP contribution in [0.1, 0.15) is 80.3 Å². The van der Waals surface area contributed by atoms with Gasteiger partial charge >= 0.3 is 0 Å². The van der Waals surface area contributed by atoms with E-state index in [1.165, 1.54) is 41.1 Å². The predicted octanol–water partition coefficient (Wildman–Crippen LogP) is 2.72. The molecule has 3 N–H and O–H groups in total. The molecule has 0 unspecified atom stereocenters. The lowest BCUT2D eigenvalue weighted by atomic mass is 10.0. The Balaban J connectivity index is 1.48. The van der Waals surface area contributed by atoms with Gasteiger partial charge in [0.15, 0.2) is 5.69 Å². The second kappa shape index (κ2) is 14.0. The molecule has 2 atom stereocenters. The topological polar surface area (TPSA) is 172 Å². The molecular weight excluding hydrogens is 584 g/mol. The number of hydrogen-bond donors (Lipinski definition) is 3. The van der Waals surface area contributed by atoms with Crippen LogP contribution in [0.5, 0.6) is 0 Å². The molecule has 13 nitrogen and oxygen atoms in total. The summed E-state index contributed by atoms with van der Waals surface area (Å²) in [5.41, 5.74) is 1.18. The molecule has 0 aliphatic carbocycles. The smallest absolute Gasteiger partial charge is 0.274 e. The van der Waals surface area contributed by atoms with Crippen LogP contribution in [0, 0.1) is 5.92 Å². The lowest BCUT2D eigenvalue weighted by Gasteiger charge is -2.23. The van der Waals surface area contributed by atoms with Gasteiger partial charge in [0.2, 0.25) is 11.8 Å². The molecular formula is C30H32N8O5S. The van der Waals surface area contributed by atoms with Crippen molar-refractivity contribution < 1.29 is 23.6 Å². The molecule has 0 saturated carbocycles. The summed E-state index contributed by atoms with van der Waals surface area (Å²) in [6, 6.07) is 8.23. The molecule has 44 heavy (non-hydrogen) atoms. The number of thiazole rings is 1. The van der Waals surface area contributed by atoms with Crippen molar-refractivity contribution in [3.8, 4) is 0 Å². The molecule has 1 aromatic carbocycles. The Morgan fingerprint density at radius 2 is 1.86 bits per heavy atom. The van der Waals surface area contributed by atoms with Gasteiger partial charge in [-0.25, -0.2) is 15.0 Å². The van der Waals surface area contributed by atoms with E-state index in [9.17, 15) is 19.2 Å². The van der Waals surface area contributed by atoms with Gasteiger partial charge in [-0.05, 0) is 17.9 Å². The van der Waals surface area contributed by atoms with Crippen molar-refractivity contribution in [3.63, 3.8) is 0 Å². The first-order valence-corrected chi connectivity index (χ1v) is 15.0. The van der Waals surface area contributed by atoms with Crippen LogP contribution in [0.25, 0.3) is 0 Å². The number of benzene rings is 1. The van der Waals surface area contributed by atoms with Crippen LogP contribution >= 0.6 is 11.3 Å². The number of nitrogens with zero attached hydrogens (tertiary/aromatic N) is 5. The number of rotatable bonds is 5. The Labute approximate surface area is 257 Å². The van der Waals surface area contributed by atoms with Crippen LogP contribution in [-0.2, 0) is 11.2 Å². The Kier molecular flexibility index (Phi) is 9.69. The minimum Gasteiger partial charge on any atom is -0.446 e. The van der Waals surface area contributed by atoms with E-state index in [0.29, 0.717) is 17.8 Å². The Hall–Kier alpha value is -4.98. The van der Waals surface area contributed by atoms with Crippen LogP contribution < -0.4 is 16.0 Å². The zero-order valence-electron chi connectivity index (χ0n) is 24.2. The maximum Gasteiger partial charge on any atom is 0.274 e. The minimum absolute atomic E-state index is 0.0180. The normalized spacial score (nSPS) is 18.2. The summed E-state index contributed by atoms with van der Waals surface area (Å²) in [4.78, 5) is 71.3. The molecule has 0 saturated heterocycles. The Morgan fingerprint density at radius 3 is 2.61 bits per heavy atom. The van der Waals surface area contributed by atoms with Crippen LogP contribution in [-0.4, -0.2) is 68.1 Å². The number of oxazole rings is 1. The van der Waals surface area contributed by atoms with E-state index in [1.54, 1.807) is 5.38 Å². The number of amides is 4. The molecule has 14 heteroatoms. The highest BCUT2D eigenvalue weighted by Gasteiger charge is 2.28. The van der Waals surface area contributed by atoms with Crippen molar-refractivity contribution in [1.29, 1.82) is 0 Å². The molecule has 5 rings (SSSR count). The summed E-state index contributed by atoms with van der Waals surface area (Å²) in [6.07, 6.45) is 6.29. The van der Waals surface area contributed by atoms with Gasteiger partial charge in [-0.1, -0.05) is 44.2 Å². The number of aromatic nitrogens is 4. The molecule has 4 heterocycles. The molecule has 3 aromatic heterocycles. The van der Waals surface area contributed by atoms with Gasteiger partial charge in [-0.2, -0.15) is 0 Å². The lowest BCUT2D eigenvalue weighted by molar-refractivity contribution is -0.122. The molecule has 0 spiro atoms. The summed E-state index contributed by atoms with van der Waals surface area (Å²) < 4.78 is 5.73. The molecule has 1 aliphatic rings. The second-order valence-electron chi connectivity index (χ2n) is 10.7. The standard InChI is InChI=1S/C30H32N8O5S/c1-18(2)12-21-29-37-24(17-44-29)26(40)33-10-11-38(30(42)22-14-31-8-9-32-22)15-25(39)34-20(13-19-6-4-3-5-7-19)28-36-23(16-43-28)27(41)35-21/h3-9,14,16-18,20-21H,10-13,15H2,1-2H3,(H,33,40)(H,34,39)(H,35,41)/t20-,21-/m0/s1. The molecule has 228 valence electrons. The SMILES string of the molecule is CC(C)C[C@@H]1NC(=O)c2coc(n2)[C@H](Cc2ccccc2)NC(=O)CN(C(=O)c2cnccn2)CCNC(=O)c2csc1n2. The third-order valence-corrected chi connectivity index (χ3v) is 7.77. The van der Waals surface area contributed by atoms with Gasteiger partial charge in [-0.3, -0.25) is 24.2 Å². The van der Waals surface area contributed by atoms with E-state index in [4.69, 9.17) is 4.42 Å².